The van der Waals surface area contributed by atoms with Crippen molar-refractivity contribution in [3.05, 3.63) is 47.5 Å². The molecule has 2 aromatic rings. The number of benzene rings is 1. The van der Waals surface area contributed by atoms with E-state index in [1.54, 1.807) is 25.0 Å². The molecule has 1 aromatic carbocycles. The van der Waals surface area contributed by atoms with Gasteiger partial charge in [0.2, 0.25) is 0 Å². The first-order chi connectivity index (χ1) is 8.56. The summed E-state index contributed by atoms with van der Waals surface area (Å²) in [4.78, 5) is 4.04. The molecule has 0 saturated carbocycles. The van der Waals surface area contributed by atoms with E-state index in [1.165, 1.54) is 6.07 Å². The molecule has 0 bridgehead atoms. The Kier molecular flexibility index (Phi) is 3.66. The van der Waals surface area contributed by atoms with Crippen LogP contribution in [0.1, 0.15) is 24.4 Å². The van der Waals surface area contributed by atoms with Crippen LogP contribution in [0.15, 0.2) is 24.5 Å². The molecule has 4 nitrogen and oxygen atoms in total. The summed E-state index contributed by atoms with van der Waals surface area (Å²) in [5.74, 6) is -0.262. The lowest BCUT2D eigenvalue weighted by atomic mass is 10.1. The first kappa shape index (κ1) is 12.6. The number of hydrogen-bond donors (Lipinski definition) is 1. The van der Waals surface area contributed by atoms with Gasteiger partial charge in [0.25, 0.3) is 0 Å². The molecule has 2 rings (SSSR count). The van der Waals surface area contributed by atoms with Crippen LogP contribution in [-0.4, -0.2) is 14.8 Å². The highest BCUT2D eigenvalue weighted by atomic mass is 19.1. The van der Waals surface area contributed by atoms with E-state index in [4.69, 9.17) is 0 Å². The highest BCUT2D eigenvalue weighted by Crippen LogP contribution is 2.18. The lowest BCUT2D eigenvalue weighted by molar-refractivity contribution is 0.510. The van der Waals surface area contributed by atoms with Gasteiger partial charge in [0.15, 0.2) is 5.82 Å². The molecular formula is C12H14F2N4. The summed E-state index contributed by atoms with van der Waals surface area (Å²) in [5.41, 5.74) is 0.297. The van der Waals surface area contributed by atoms with Gasteiger partial charge in [0, 0.05) is 18.7 Å². The lowest BCUT2D eigenvalue weighted by Crippen LogP contribution is -2.20. The number of nitrogens with one attached hydrogen (secondary N) is 1. The van der Waals surface area contributed by atoms with Crippen molar-refractivity contribution < 1.29 is 8.78 Å². The van der Waals surface area contributed by atoms with Crippen molar-refractivity contribution >= 4 is 0 Å². The van der Waals surface area contributed by atoms with Gasteiger partial charge in [-0.3, -0.25) is 4.68 Å². The number of rotatable bonds is 4. The predicted molar refractivity (Wildman–Crippen MR) is 62.6 cm³/mol. The van der Waals surface area contributed by atoms with Crippen LogP contribution in [0, 0.1) is 11.6 Å². The normalized spacial score (nSPS) is 12.7. The van der Waals surface area contributed by atoms with Gasteiger partial charge in [0.1, 0.15) is 18.0 Å². The van der Waals surface area contributed by atoms with E-state index in [1.807, 2.05) is 0 Å². The molecule has 0 radical (unpaired) electrons. The number of aromatic nitrogens is 3. The largest absolute Gasteiger partial charge is 0.303 e. The van der Waals surface area contributed by atoms with Crippen molar-refractivity contribution in [2.24, 2.45) is 7.05 Å². The minimum Gasteiger partial charge on any atom is -0.303 e. The van der Waals surface area contributed by atoms with Gasteiger partial charge >= 0.3 is 0 Å². The maximum atomic E-state index is 13.5. The van der Waals surface area contributed by atoms with Crippen LogP contribution in [0.25, 0.3) is 0 Å². The van der Waals surface area contributed by atoms with Crippen LogP contribution in [0.4, 0.5) is 8.78 Å². The van der Waals surface area contributed by atoms with Crippen molar-refractivity contribution in [3.8, 4) is 0 Å². The number of nitrogens with zero attached hydrogens (tertiary/aromatic N) is 3. The minimum atomic E-state index is -0.448. The Hall–Kier alpha value is -1.82. The summed E-state index contributed by atoms with van der Waals surface area (Å²) < 4.78 is 28.1. The molecule has 1 aromatic heterocycles. The van der Waals surface area contributed by atoms with E-state index in [9.17, 15) is 8.78 Å². The Morgan fingerprint density at radius 2 is 2.17 bits per heavy atom. The lowest BCUT2D eigenvalue weighted by Gasteiger charge is -2.13. The minimum absolute atomic E-state index is 0.297. The van der Waals surface area contributed by atoms with Crippen LogP contribution >= 0.6 is 0 Å². The van der Waals surface area contributed by atoms with Crippen molar-refractivity contribution in [2.75, 3.05) is 0 Å². The number of halogens is 2. The van der Waals surface area contributed by atoms with E-state index in [0.717, 1.165) is 12.1 Å². The Bertz CT molecular complexity index is 539. The number of aryl methyl sites for hydroxylation is 1. The van der Waals surface area contributed by atoms with Crippen molar-refractivity contribution in [2.45, 2.75) is 19.5 Å². The molecular weight excluding hydrogens is 238 g/mol. The van der Waals surface area contributed by atoms with Crippen molar-refractivity contribution in [1.82, 2.24) is 20.1 Å². The third-order valence-corrected chi connectivity index (χ3v) is 2.64. The highest BCUT2D eigenvalue weighted by molar-refractivity contribution is 5.21. The molecule has 0 aliphatic carbocycles. The standard InChI is InChI=1S/C12H14F2N4/c1-8(10-5-9(13)3-4-11(10)14)15-6-12-16-7-18(2)17-12/h3-5,7-8,15H,6H2,1-2H3. The molecule has 1 N–H and O–H groups in total. The van der Waals surface area contributed by atoms with Crippen molar-refractivity contribution in [3.63, 3.8) is 0 Å². The smallest absolute Gasteiger partial charge is 0.164 e. The summed E-state index contributed by atoms with van der Waals surface area (Å²) in [7, 11) is 1.77. The molecule has 1 atom stereocenters. The third-order valence-electron chi connectivity index (χ3n) is 2.64. The fourth-order valence-electron chi connectivity index (χ4n) is 1.67. The van der Waals surface area contributed by atoms with E-state index in [2.05, 4.69) is 15.4 Å². The second kappa shape index (κ2) is 5.22. The SMILES string of the molecule is CC(NCc1ncn(C)n1)c1cc(F)ccc1F. The first-order valence-corrected chi connectivity index (χ1v) is 5.59. The summed E-state index contributed by atoms with van der Waals surface area (Å²) in [5, 5.41) is 7.14. The molecule has 0 amide bonds. The molecule has 96 valence electrons. The van der Waals surface area contributed by atoms with Crippen LogP contribution < -0.4 is 5.32 Å². The van der Waals surface area contributed by atoms with E-state index < -0.39 is 11.6 Å². The Balaban J connectivity index is 2.03. The summed E-state index contributed by atoms with van der Waals surface area (Å²) in [6.07, 6.45) is 1.59. The molecule has 0 spiro atoms. The van der Waals surface area contributed by atoms with Gasteiger partial charge in [-0.1, -0.05) is 0 Å². The Morgan fingerprint density at radius 3 is 2.83 bits per heavy atom. The van der Waals surface area contributed by atoms with E-state index in [0.29, 0.717) is 17.9 Å². The van der Waals surface area contributed by atoms with Crippen molar-refractivity contribution in [1.29, 1.82) is 0 Å². The average molecular weight is 252 g/mol. The summed E-state index contributed by atoms with van der Waals surface area (Å²) in [6.45, 7) is 2.17. The zero-order chi connectivity index (χ0) is 13.1. The van der Waals surface area contributed by atoms with Gasteiger partial charge in [-0.05, 0) is 25.1 Å². The van der Waals surface area contributed by atoms with Crippen LogP contribution in [0.3, 0.4) is 0 Å². The Morgan fingerprint density at radius 1 is 1.39 bits per heavy atom. The van der Waals surface area contributed by atoms with Crippen LogP contribution in [-0.2, 0) is 13.6 Å². The van der Waals surface area contributed by atoms with Gasteiger partial charge in [-0.15, -0.1) is 0 Å². The monoisotopic (exact) mass is 252 g/mol. The fraction of sp³-hybridized carbons (Fsp3) is 0.333. The predicted octanol–water partition coefficient (Wildman–Crippen LogP) is 1.94. The quantitative estimate of drug-likeness (QED) is 0.904. The van der Waals surface area contributed by atoms with Crippen LogP contribution in [0.5, 0.6) is 0 Å². The van der Waals surface area contributed by atoms with Gasteiger partial charge in [-0.2, -0.15) is 5.10 Å². The average Bonchev–Trinajstić information content (AvgIpc) is 2.75. The molecule has 0 saturated heterocycles. The number of hydrogen-bond acceptors (Lipinski definition) is 3. The molecule has 0 aliphatic rings. The molecule has 18 heavy (non-hydrogen) atoms. The summed E-state index contributed by atoms with van der Waals surface area (Å²) >= 11 is 0. The van der Waals surface area contributed by atoms with Gasteiger partial charge < -0.3 is 5.32 Å². The topological polar surface area (TPSA) is 42.7 Å². The summed E-state index contributed by atoms with van der Waals surface area (Å²) in [6, 6.07) is 3.11. The highest BCUT2D eigenvalue weighted by Gasteiger charge is 2.12. The van der Waals surface area contributed by atoms with Gasteiger partial charge in [-0.25, -0.2) is 13.8 Å². The Labute approximate surface area is 104 Å². The molecule has 6 heteroatoms. The molecule has 1 unspecified atom stereocenters. The van der Waals surface area contributed by atoms with Gasteiger partial charge in [0.05, 0.1) is 6.54 Å². The van der Waals surface area contributed by atoms with E-state index in [-0.39, 0.29) is 6.04 Å². The van der Waals surface area contributed by atoms with E-state index >= 15 is 0 Å². The fourth-order valence-corrected chi connectivity index (χ4v) is 1.67. The zero-order valence-electron chi connectivity index (χ0n) is 10.2. The maximum absolute atomic E-state index is 13.5. The zero-order valence-corrected chi connectivity index (χ0v) is 10.2. The molecule has 0 fully saturated rings. The second-order valence-electron chi connectivity index (χ2n) is 4.10. The molecule has 1 heterocycles. The molecule has 0 aliphatic heterocycles. The second-order valence-corrected chi connectivity index (χ2v) is 4.10. The third kappa shape index (κ3) is 2.89. The van der Waals surface area contributed by atoms with Crippen LogP contribution in [0.2, 0.25) is 0 Å². The maximum Gasteiger partial charge on any atom is 0.164 e. The first-order valence-electron chi connectivity index (χ1n) is 5.59.